The van der Waals surface area contributed by atoms with Crippen LogP contribution in [-0.2, 0) is 11.8 Å². The van der Waals surface area contributed by atoms with Gasteiger partial charge in [-0.15, -0.1) is 0 Å². The largest absolute Gasteiger partial charge is 0.399 e. The van der Waals surface area contributed by atoms with Crippen molar-refractivity contribution in [1.29, 1.82) is 0 Å². The first-order valence-corrected chi connectivity index (χ1v) is 6.49. The van der Waals surface area contributed by atoms with Crippen LogP contribution < -0.4 is 5.73 Å². The number of rotatable bonds is 2. The molecule has 0 saturated carbocycles. The molecule has 2 rings (SSSR count). The van der Waals surface area contributed by atoms with Crippen molar-refractivity contribution < 1.29 is 0 Å². The number of hydrogen-bond donors (Lipinski definition) is 1. The zero-order valence-corrected chi connectivity index (χ0v) is 10.7. The van der Waals surface area contributed by atoms with Gasteiger partial charge in [-0.25, -0.2) is 0 Å². The Morgan fingerprint density at radius 1 is 1.38 bits per heavy atom. The minimum atomic E-state index is 0.364. The van der Waals surface area contributed by atoms with Crippen LogP contribution in [0.4, 0.5) is 5.69 Å². The molecule has 1 unspecified atom stereocenters. The number of fused-ring (bicyclic) bond motifs is 1. The van der Waals surface area contributed by atoms with Crippen molar-refractivity contribution in [2.75, 3.05) is 5.73 Å². The maximum atomic E-state index is 5.96. The van der Waals surface area contributed by atoms with Gasteiger partial charge in [0.05, 0.1) is 0 Å². The summed E-state index contributed by atoms with van der Waals surface area (Å²) in [5.41, 5.74) is 10.3. The molecular formula is C15H23N. The molecule has 1 atom stereocenters. The first-order valence-electron chi connectivity index (χ1n) is 6.49. The lowest BCUT2D eigenvalue weighted by molar-refractivity contribution is 0.253. The molecule has 0 radical (unpaired) electrons. The van der Waals surface area contributed by atoms with E-state index in [-0.39, 0.29) is 0 Å². The Bertz CT molecular complexity index is 381. The summed E-state index contributed by atoms with van der Waals surface area (Å²) < 4.78 is 0. The number of aryl methyl sites for hydroxylation is 1. The van der Waals surface area contributed by atoms with Gasteiger partial charge in [-0.2, -0.15) is 0 Å². The number of nitrogens with two attached hydrogens (primary N) is 1. The Kier molecular flexibility index (Phi) is 2.96. The van der Waals surface area contributed by atoms with Gasteiger partial charge in [0, 0.05) is 5.69 Å². The molecular weight excluding hydrogens is 194 g/mol. The van der Waals surface area contributed by atoms with Crippen LogP contribution in [-0.4, -0.2) is 0 Å². The van der Waals surface area contributed by atoms with Gasteiger partial charge in [0.1, 0.15) is 0 Å². The van der Waals surface area contributed by atoms with Crippen molar-refractivity contribution in [3.63, 3.8) is 0 Å². The number of hydrogen-bond acceptors (Lipinski definition) is 1. The normalized spacial score (nSPS) is 24.5. The van der Waals surface area contributed by atoms with Crippen LogP contribution in [0.15, 0.2) is 18.2 Å². The highest BCUT2D eigenvalue weighted by Gasteiger charge is 2.37. The van der Waals surface area contributed by atoms with Crippen molar-refractivity contribution in [2.24, 2.45) is 5.92 Å². The molecule has 2 N–H and O–H groups in total. The summed E-state index contributed by atoms with van der Waals surface area (Å²) in [5.74, 6) is 0.693. The van der Waals surface area contributed by atoms with E-state index in [0.29, 0.717) is 11.3 Å². The molecule has 0 fully saturated rings. The zero-order valence-electron chi connectivity index (χ0n) is 10.7. The Hall–Kier alpha value is -0.980. The van der Waals surface area contributed by atoms with E-state index in [1.807, 2.05) is 6.07 Å². The summed E-state index contributed by atoms with van der Waals surface area (Å²) in [6.07, 6.45) is 5.09. The van der Waals surface area contributed by atoms with E-state index in [2.05, 4.69) is 32.9 Å². The fourth-order valence-corrected chi connectivity index (χ4v) is 3.38. The van der Waals surface area contributed by atoms with E-state index in [1.54, 1.807) is 0 Å². The van der Waals surface area contributed by atoms with Crippen molar-refractivity contribution in [2.45, 2.75) is 51.9 Å². The molecule has 0 saturated heterocycles. The first kappa shape index (κ1) is 11.5. The maximum absolute atomic E-state index is 5.96. The minimum Gasteiger partial charge on any atom is -0.399 e. The van der Waals surface area contributed by atoms with Gasteiger partial charge in [-0.1, -0.05) is 26.8 Å². The van der Waals surface area contributed by atoms with E-state index in [4.69, 9.17) is 5.73 Å². The van der Waals surface area contributed by atoms with E-state index < -0.39 is 0 Å². The number of nitrogen functional groups attached to an aromatic ring is 1. The Labute approximate surface area is 99.0 Å². The molecule has 0 bridgehead atoms. The third kappa shape index (κ3) is 1.63. The molecule has 0 aliphatic heterocycles. The van der Waals surface area contributed by atoms with Crippen LogP contribution in [0.25, 0.3) is 0 Å². The molecule has 0 heterocycles. The van der Waals surface area contributed by atoms with Gasteiger partial charge in [0.15, 0.2) is 0 Å². The summed E-state index contributed by atoms with van der Waals surface area (Å²) in [6.45, 7) is 7.02. The van der Waals surface area contributed by atoms with Gasteiger partial charge in [-0.05, 0) is 60.3 Å². The van der Waals surface area contributed by atoms with E-state index in [9.17, 15) is 0 Å². The van der Waals surface area contributed by atoms with Crippen LogP contribution in [0, 0.1) is 5.92 Å². The molecule has 16 heavy (non-hydrogen) atoms. The van der Waals surface area contributed by atoms with Gasteiger partial charge >= 0.3 is 0 Å². The van der Waals surface area contributed by atoms with Gasteiger partial charge in [0.25, 0.3) is 0 Å². The third-order valence-electron chi connectivity index (χ3n) is 4.48. The summed E-state index contributed by atoms with van der Waals surface area (Å²) >= 11 is 0. The average Bonchev–Trinajstić information content (AvgIpc) is 2.27. The lowest BCUT2D eigenvalue weighted by atomic mass is 9.62. The van der Waals surface area contributed by atoms with Gasteiger partial charge < -0.3 is 5.73 Å². The fourth-order valence-electron chi connectivity index (χ4n) is 3.38. The number of anilines is 1. The Morgan fingerprint density at radius 2 is 2.12 bits per heavy atom. The highest BCUT2D eigenvalue weighted by Crippen LogP contribution is 2.45. The van der Waals surface area contributed by atoms with Crippen molar-refractivity contribution >= 4 is 5.69 Å². The molecule has 1 nitrogen and oxygen atoms in total. The van der Waals surface area contributed by atoms with E-state index in [0.717, 1.165) is 5.69 Å². The zero-order chi connectivity index (χ0) is 11.8. The Balaban J connectivity index is 2.56. The van der Waals surface area contributed by atoms with Crippen LogP contribution in [0.5, 0.6) is 0 Å². The predicted molar refractivity (Wildman–Crippen MR) is 70.6 cm³/mol. The van der Waals surface area contributed by atoms with Gasteiger partial charge in [-0.3, -0.25) is 0 Å². The molecule has 1 aliphatic carbocycles. The quantitative estimate of drug-likeness (QED) is 0.747. The molecule has 0 aromatic heterocycles. The highest BCUT2D eigenvalue weighted by atomic mass is 14.6. The molecule has 1 heteroatoms. The van der Waals surface area contributed by atoms with Crippen molar-refractivity contribution in [3.8, 4) is 0 Å². The second-order valence-electron chi connectivity index (χ2n) is 5.43. The highest BCUT2D eigenvalue weighted by molar-refractivity contribution is 5.49. The van der Waals surface area contributed by atoms with Crippen molar-refractivity contribution in [1.82, 2.24) is 0 Å². The summed E-state index contributed by atoms with van der Waals surface area (Å²) in [4.78, 5) is 0. The molecule has 88 valence electrons. The number of benzene rings is 1. The molecule has 1 aromatic carbocycles. The molecule has 1 aliphatic rings. The monoisotopic (exact) mass is 217 g/mol. The van der Waals surface area contributed by atoms with E-state index >= 15 is 0 Å². The van der Waals surface area contributed by atoms with Crippen LogP contribution in [0.2, 0.25) is 0 Å². The summed E-state index contributed by atoms with van der Waals surface area (Å²) in [5, 5.41) is 0. The standard InChI is InChI=1S/C15H23N/c1-4-15(11(2)3)9-5-6-12-7-8-13(16)10-14(12)15/h7-8,10-11H,4-6,9,16H2,1-3H3. The molecule has 1 aromatic rings. The third-order valence-corrected chi connectivity index (χ3v) is 4.48. The second-order valence-corrected chi connectivity index (χ2v) is 5.43. The average molecular weight is 217 g/mol. The molecule has 0 amide bonds. The minimum absolute atomic E-state index is 0.364. The van der Waals surface area contributed by atoms with Gasteiger partial charge in [0.2, 0.25) is 0 Å². The smallest absolute Gasteiger partial charge is 0.0317 e. The van der Waals surface area contributed by atoms with Crippen LogP contribution >= 0.6 is 0 Å². The second kappa shape index (κ2) is 4.12. The SMILES string of the molecule is CCC1(C(C)C)CCCc2ccc(N)cc21. The lowest BCUT2D eigenvalue weighted by Crippen LogP contribution is -2.35. The Morgan fingerprint density at radius 3 is 2.75 bits per heavy atom. The predicted octanol–water partition coefficient (Wildman–Crippen LogP) is 3.91. The first-order chi connectivity index (χ1) is 7.60. The van der Waals surface area contributed by atoms with Crippen molar-refractivity contribution in [3.05, 3.63) is 29.3 Å². The summed E-state index contributed by atoms with van der Waals surface area (Å²) in [7, 11) is 0. The summed E-state index contributed by atoms with van der Waals surface area (Å²) in [6, 6.07) is 6.50. The maximum Gasteiger partial charge on any atom is 0.0317 e. The molecule has 0 spiro atoms. The topological polar surface area (TPSA) is 26.0 Å². The van der Waals surface area contributed by atoms with E-state index in [1.165, 1.54) is 36.8 Å². The fraction of sp³-hybridized carbons (Fsp3) is 0.600. The van der Waals surface area contributed by atoms with Crippen LogP contribution in [0.1, 0.15) is 51.2 Å². The lowest BCUT2D eigenvalue weighted by Gasteiger charge is -2.42. The van der Waals surface area contributed by atoms with Crippen LogP contribution in [0.3, 0.4) is 0 Å².